The van der Waals surface area contributed by atoms with Crippen LogP contribution in [0.1, 0.15) is 27.7 Å². The highest BCUT2D eigenvalue weighted by atomic mass is 32.2. The molecule has 3 rings (SSSR count). The number of hydrogen-bond acceptors (Lipinski definition) is 4. The molecule has 0 aromatic heterocycles. The number of nitrogens with zero attached hydrogens (tertiary/aromatic N) is 2. The van der Waals surface area contributed by atoms with Crippen LogP contribution < -0.4 is 5.32 Å². The molecule has 1 aliphatic heterocycles. The van der Waals surface area contributed by atoms with Gasteiger partial charge in [0.2, 0.25) is 15.9 Å². The van der Waals surface area contributed by atoms with Crippen molar-refractivity contribution in [3.05, 3.63) is 35.9 Å². The van der Waals surface area contributed by atoms with Crippen molar-refractivity contribution in [2.24, 2.45) is 17.3 Å². The molecule has 1 heterocycles. The van der Waals surface area contributed by atoms with Gasteiger partial charge in [-0.2, -0.15) is 4.31 Å². The monoisotopic (exact) mass is 405 g/mol. The molecule has 1 amide bonds. The average molecular weight is 406 g/mol. The molecule has 1 saturated heterocycles. The zero-order chi connectivity index (χ0) is 20.7. The van der Waals surface area contributed by atoms with Crippen LogP contribution in [-0.4, -0.2) is 56.8 Å². The van der Waals surface area contributed by atoms with Gasteiger partial charge in [0.05, 0.1) is 10.8 Å². The molecule has 2 aliphatic rings. The van der Waals surface area contributed by atoms with E-state index in [1.807, 2.05) is 20.9 Å². The lowest BCUT2D eigenvalue weighted by Gasteiger charge is -2.31. The van der Waals surface area contributed by atoms with Crippen molar-refractivity contribution in [1.82, 2.24) is 9.21 Å². The van der Waals surface area contributed by atoms with Gasteiger partial charge in [-0.05, 0) is 50.4 Å². The van der Waals surface area contributed by atoms with Crippen LogP contribution in [0.4, 0.5) is 5.69 Å². The maximum absolute atomic E-state index is 12.9. The second-order valence-corrected chi connectivity index (χ2v) is 10.7. The number of sulfonamides is 1. The first-order valence-electron chi connectivity index (χ1n) is 9.78. The van der Waals surface area contributed by atoms with Crippen molar-refractivity contribution in [1.29, 1.82) is 0 Å². The molecule has 6 nitrogen and oxygen atoms in total. The van der Waals surface area contributed by atoms with Gasteiger partial charge in [0, 0.05) is 31.9 Å². The normalized spacial score (nSPS) is 25.2. The van der Waals surface area contributed by atoms with Gasteiger partial charge < -0.3 is 10.2 Å². The fourth-order valence-corrected chi connectivity index (χ4v) is 5.45. The minimum atomic E-state index is -3.55. The number of carbonyl (C=O) groups is 1. The number of carbonyl (C=O) groups excluding carboxylic acids is 1. The second kappa shape index (κ2) is 7.61. The van der Waals surface area contributed by atoms with Gasteiger partial charge in [-0.15, -0.1) is 0 Å². The lowest BCUT2D eigenvalue weighted by Crippen LogP contribution is -2.47. The van der Waals surface area contributed by atoms with Crippen LogP contribution in [0.3, 0.4) is 0 Å². The highest BCUT2D eigenvalue weighted by Crippen LogP contribution is 2.59. The zero-order valence-corrected chi connectivity index (χ0v) is 18.2. The third-order valence-corrected chi connectivity index (χ3v) is 7.80. The van der Waals surface area contributed by atoms with Gasteiger partial charge in [0.25, 0.3) is 0 Å². The van der Waals surface area contributed by atoms with Gasteiger partial charge in [-0.3, -0.25) is 4.79 Å². The summed E-state index contributed by atoms with van der Waals surface area (Å²) >= 11 is 0. The minimum absolute atomic E-state index is 0.0540. The molecule has 0 spiro atoms. The molecule has 1 saturated carbocycles. The van der Waals surface area contributed by atoms with Gasteiger partial charge in [0.15, 0.2) is 0 Å². The predicted octanol–water partition coefficient (Wildman–Crippen LogP) is 2.80. The second-order valence-electron chi connectivity index (χ2n) is 8.79. The predicted molar refractivity (Wildman–Crippen MR) is 112 cm³/mol. The fraction of sp³-hybridized carbons (Fsp3) is 0.571. The van der Waals surface area contributed by atoms with Gasteiger partial charge in [-0.25, -0.2) is 8.42 Å². The molecule has 1 N–H and O–H groups in total. The number of hydrogen-bond donors (Lipinski definition) is 1. The number of amides is 1. The number of nitrogens with one attached hydrogen (secondary N) is 1. The van der Waals surface area contributed by atoms with E-state index in [-0.39, 0.29) is 28.1 Å². The molecular formula is C21H31N3O3S. The smallest absolute Gasteiger partial charge is 0.243 e. The van der Waals surface area contributed by atoms with Gasteiger partial charge in [0.1, 0.15) is 0 Å². The summed E-state index contributed by atoms with van der Waals surface area (Å²) in [5.74, 6) is 0.0664. The van der Waals surface area contributed by atoms with Crippen LogP contribution in [-0.2, 0) is 14.8 Å². The summed E-state index contributed by atoms with van der Waals surface area (Å²) in [7, 11) is -1.56. The standard InChI is InChI=1S/C21H31N3O3S/c1-15(2)13-18-19(21(18,3)4)20(25)22-16-7-6-8-17(14-16)28(26,27)24-11-9-23(5)10-12-24/h6-8,13-14,18-19H,9-12H2,1-5H3,(H,22,25). The van der Waals surface area contributed by atoms with E-state index in [4.69, 9.17) is 0 Å². The summed E-state index contributed by atoms with van der Waals surface area (Å²) in [5.41, 5.74) is 1.65. The van der Waals surface area contributed by atoms with Gasteiger partial charge >= 0.3 is 0 Å². The summed E-state index contributed by atoms with van der Waals surface area (Å²) in [6.07, 6.45) is 2.15. The average Bonchev–Trinajstić information content (AvgIpc) is 3.15. The molecule has 28 heavy (non-hydrogen) atoms. The Morgan fingerprint density at radius 1 is 1.18 bits per heavy atom. The molecule has 0 bridgehead atoms. The number of likely N-dealkylation sites (N-methyl/N-ethyl adjacent to an activating group) is 1. The van der Waals surface area contributed by atoms with E-state index >= 15 is 0 Å². The Balaban J connectivity index is 1.74. The quantitative estimate of drug-likeness (QED) is 0.765. The van der Waals surface area contributed by atoms with Gasteiger partial charge in [-0.1, -0.05) is 31.6 Å². The summed E-state index contributed by atoms with van der Waals surface area (Å²) in [6.45, 7) is 10.7. The maximum Gasteiger partial charge on any atom is 0.243 e. The van der Waals surface area contributed by atoms with E-state index in [0.29, 0.717) is 18.8 Å². The minimum Gasteiger partial charge on any atom is -0.326 e. The van der Waals surface area contributed by atoms with Crippen LogP contribution in [0.15, 0.2) is 40.8 Å². The van der Waals surface area contributed by atoms with Crippen molar-refractivity contribution >= 4 is 21.6 Å². The summed E-state index contributed by atoms with van der Waals surface area (Å²) in [5, 5.41) is 2.93. The molecular weight excluding hydrogens is 374 g/mol. The van der Waals surface area contributed by atoms with E-state index in [1.54, 1.807) is 24.3 Å². The Morgan fingerprint density at radius 2 is 1.82 bits per heavy atom. The highest BCUT2D eigenvalue weighted by Gasteiger charge is 2.60. The molecule has 2 atom stereocenters. The highest BCUT2D eigenvalue weighted by molar-refractivity contribution is 7.89. The van der Waals surface area contributed by atoms with Crippen LogP contribution in [0, 0.1) is 17.3 Å². The molecule has 7 heteroatoms. The molecule has 1 aliphatic carbocycles. The van der Waals surface area contributed by atoms with Crippen molar-refractivity contribution in [2.75, 3.05) is 38.5 Å². The Labute approximate surface area is 168 Å². The van der Waals surface area contributed by atoms with Crippen molar-refractivity contribution in [2.45, 2.75) is 32.6 Å². The number of anilines is 1. The largest absolute Gasteiger partial charge is 0.326 e. The van der Waals surface area contributed by atoms with Crippen LogP contribution >= 0.6 is 0 Å². The lowest BCUT2D eigenvalue weighted by atomic mass is 10.1. The van der Waals surface area contributed by atoms with Crippen molar-refractivity contribution < 1.29 is 13.2 Å². The SMILES string of the molecule is CC(C)=CC1C(C(=O)Nc2cccc(S(=O)(=O)N3CCN(C)CC3)c2)C1(C)C. The topological polar surface area (TPSA) is 69.7 Å². The van der Waals surface area contributed by atoms with Crippen LogP contribution in [0.2, 0.25) is 0 Å². The molecule has 1 aromatic carbocycles. The molecule has 154 valence electrons. The third kappa shape index (κ3) is 4.16. The van der Waals surface area contributed by atoms with E-state index in [1.165, 1.54) is 9.88 Å². The Bertz CT molecular complexity index is 880. The maximum atomic E-state index is 12.9. The van der Waals surface area contributed by atoms with E-state index in [0.717, 1.165) is 13.1 Å². The van der Waals surface area contributed by atoms with E-state index < -0.39 is 10.0 Å². The fourth-order valence-electron chi connectivity index (χ4n) is 3.98. The Morgan fingerprint density at radius 3 is 2.43 bits per heavy atom. The first-order valence-corrected chi connectivity index (χ1v) is 11.2. The first kappa shape index (κ1) is 21.0. The molecule has 0 radical (unpaired) electrons. The van der Waals surface area contributed by atoms with Crippen LogP contribution in [0.25, 0.3) is 0 Å². The number of benzene rings is 1. The number of rotatable bonds is 5. The molecule has 2 unspecified atom stereocenters. The van der Waals surface area contributed by atoms with E-state index in [9.17, 15) is 13.2 Å². The number of allylic oxidation sites excluding steroid dienone is 2. The van der Waals surface area contributed by atoms with Crippen molar-refractivity contribution in [3.63, 3.8) is 0 Å². The Kier molecular flexibility index (Phi) is 5.71. The van der Waals surface area contributed by atoms with Crippen molar-refractivity contribution in [3.8, 4) is 0 Å². The van der Waals surface area contributed by atoms with Crippen LogP contribution in [0.5, 0.6) is 0 Å². The Hall–Kier alpha value is -1.70. The number of piperazine rings is 1. The van der Waals surface area contributed by atoms with E-state index in [2.05, 4.69) is 30.1 Å². The molecule has 1 aromatic rings. The first-order chi connectivity index (χ1) is 13.0. The lowest BCUT2D eigenvalue weighted by molar-refractivity contribution is -0.118. The zero-order valence-electron chi connectivity index (χ0n) is 17.4. The molecule has 2 fully saturated rings. The summed E-state index contributed by atoms with van der Waals surface area (Å²) in [6, 6.07) is 6.59. The third-order valence-electron chi connectivity index (χ3n) is 5.91. The summed E-state index contributed by atoms with van der Waals surface area (Å²) < 4.78 is 27.4. The summed E-state index contributed by atoms with van der Waals surface area (Å²) in [4.78, 5) is 15.1.